The van der Waals surface area contributed by atoms with Crippen LogP contribution in [0.3, 0.4) is 0 Å². The summed E-state index contributed by atoms with van der Waals surface area (Å²) in [6, 6.07) is 15.1. The SMILES string of the molecule is CC(=O)c1ccc(NC(=O)CCN2CCNCC2c2cccc(Cl)c2)cc1. The van der Waals surface area contributed by atoms with Crippen molar-refractivity contribution in [1.29, 1.82) is 0 Å². The number of halogens is 1. The molecule has 2 N–H and O–H groups in total. The molecular formula is C21H24ClN3O2. The number of anilines is 1. The van der Waals surface area contributed by atoms with Crippen LogP contribution in [-0.4, -0.2) is 42.8 Å². The Morgan fingerprint density at radius 1 is 1.22 bits per heavy atom. The first-order chi connectivity index (χ1) is 13.0. The lowest BCUT2D eigenvalue weighted by Crippen LogP contribution is -2.46. The monoisotopic (exact) mass is 385 g/mol. The van der Waals surface area contributed by atoms with Crippen LogP contribution in [0.1, 0.15) is 35.3 Å². The summed E-state index contributed by atoms with van der Waals surface area (Å²) in [4.78, 5) is 26.0. The molecule has 0 bridgehead atoms. The van der Waals surface area contributed by atoms with Crippen LogP contribution in [-0.2, 0) is 4.79 Å². The van der Waals surface area contributed by atoms with E-state index in [0.717, 1.165) is 30.2 Å². The van der Waals surface area contributed by atoms with E-state index in [1.54, 1.807) is 24.3 Å². The van der Waals surface area contributed by atoms with Crippen molar-refractivity contribution in [3.8, 4) is 0 Å². The highest BCUT2D eigenvalue weighted by molar-refractivity contribution is 6.30. The molecule has 27 heavy (non-hydrogen) atoms. The summed E-state index contributed by atoms with van der Waals surface area (Å²) < 4.78 is 0. The zero-order chi connectivity index (χ0) is 19.2. The zero-order valence-electron chi connectivity index (χ0n) is 15.4. The molecule has 3 rings (SSSR count). The van der Waals surface area contributed by atoms with Crippen LogP contribution in [0, 0.1) is 0 Å². The first-order valence-electron chi connectivity index (χ1n) is 9.14. The summed E-state index contributed by atoms with van der Waals surface area (Å²) >= 11 is 6.14. The number of nitrogens with one attached hydrogen (secondary N) is 2. The Kier molecular flexibility index (Phi) is 6.61. The maximum Gasteiger partial charge on any atom is 0.225 e. The number of amides is 1. The van der Waals surface area contributed by atoms with E-state index in [1.165, 1.54) is 6.92 Å². The van der Waals surface area contributed by atoms with Crippen LogP contribution in [0.15, 0.2) is 48.5 Å². The molecule has 0 aliphatic carbocycles. The van der Waals surface area contributed by atoms with Gasteiger partial charge in [0.15, 0.2) is 5.78 Å². The maximum absolute atomic E-state index is 12.3. The third kappa shape index (κ3) is 5.39. The van der Waals surface area contributed by atoms with Gasteiger partial charge in [0.05, 0.1) is 0 Å². The zero-order valence-corrected chi connectivity index (χ0v) is 16.1. The lowest BCUT2D eigenvalue weighted by Gasteiger charge is -2.36. The van der Waals surface area contributed by atoms with Crippen LogP contribution in [0.2, 0.25) is 5.02 Å². The normalized spacial score (nSPS) is 17.5. The number of carbonyl (C=O) groups excluding carboxylic acids is 2. The average Bonchev–Trinajstić information content (AvgIpc) is 2.67. The van der Waals surface area contributed by atoms with Gasteiger partial charge >= 0.3 is 0 Å². The Balaban J connectivity index is 1.57. The Bertz CT molecular complexity index is 807. The predicted molar refractivity (Wildman–Crippen MR) is 108 cm³/mol. The highest BCUT2D eigenvalue weighted by Gasteiger charge is 2.24. The van der Waals surface area contributed by atoms with Crippen molar-refractivity contribution in [2.75, 3.05) is 31.5 Å². The second-order valence-electron chi connectivity index (χ2n) is 6.74. The first kappa shape index (κ1) is 19.5. The van der Waals surface area contributed by atoms with E-state index in [2.05, 4.69) is 21.6 Å². The van der Waals surface area contributed by atoms with Crippen molar-refractivity contribution in [1.82, 2.24) is 10.2 Å². The van der Waals surface area contributed by atoms with Crippen molar-refractivity contribution < 1.29 is 9.59 Å². The summed E-state index contributed by atoms with van der Waals surface area (Å²) in [5.41, 5.74) is 2.50. The fraction of sp³-hybridized carbons (Fsp3) is 0.333. The van der Waals surface area contributed by atoms with E-state index < -0.39 is 0 Å². The van der Waals surface area contributed by atoms with Crippen LogP contribution in [0.4, 0.5) is 5.69 Å². The van der Waals surface area contributed by atoms with Gasteiger partial charge < -0.3 is 10.6 Å². The number of piperazine rings is 1. The molecule has 1 amide bonds. The molecule has 1 aliphatic rings. The number of hydrogen-bond donors (Lipinski definition) is 2. The summed E-state index contributed by atoms with van der Waals surface area (Å²) in [7, 11) is 0. The van der Waals surface area contributed by atoms with Crippen LogP contribution in [0.25, 0.3) is 0 Å². The van der Waals surface area contributed by atoms with Gasteiger partial charge in [-0.25, -0.2) is 0 Å². The maximum atomic E-state index is 12.3. The number of Topliss-reactive ketones (excluding diaryl/α,β-unsaturated/α-hetero) is 1. The predicted octanol–water partition coefficient (Wildman–Crippen LogP) is 3.52. The van der Waals surface area contributed by atoms with Crippen molar-refractivity contribution >= 4 is 29.0 Å². The highest BCUT2D eigenvalue weighted by atomic mass is 35.5. The van der Waals surface area contributed by atoms with Crippen molar-refractivity contribution in [3.63, 3.8) is 0 Å². The van der Waals surface area contributed by atoms with Gasteiger partial charge in [0.1, 0.15) is 0 Å². The molecule has 0 spiro atoms. The highest BCUT2D eigenvalue weighted by Crippen LogP contribution is 2.24. The Morgan fingerprint density at radius 3 is 2.70 bits per heavy atom. The van der Waals surface area contributed by atoms with E-state index in [9.17, 15) is 9.59 Å². The molecule has 1 aliphatic heterocycles. The minimum Gasteiger partial charge on any atom is -0.326 e. The summed E-state index contributed by atoms with van der Waals surface area (Å²) in [6.07, 6.45) is 0.408. The average molecular weight is 386 g/mol. The van der Waals surface area contributed by atoms with Crippen LogP contribution >= 0.6 is 11.6 Å². The van der Waals surface area contributed by atoms with Gasteiger partial charge in [-0.1, -0.05) is 23.7 Å². The van der Waals surface area contributed by atoms with Gasteiger partial charge in [0, 0.05) is 54.9 Å². The Hall–Kier alpha value is -2.21. The molecule has 0 radical (unpaired) electrons. The summed E-state index contributed by atoms with van der Waals surface area (Å²) in [5, 5.41) is 7.04. The molecule has 142 valence electrons. The lowest BCUT2D eigenvalue weighted by atomic mass is 10.0. The summed E-state index contributed by atoms with van der Waals surface area (Å²) in [6.45, 7) is 4.84. The quantitative estimate of drug-likeness (QED) is 0.747. The van der Waals surface area contributed by atoms with E-state index in [4.69, 9.17) is 11.6 Å². The molecule has 2 aromatic carbocycles. The number of rotatable bonds is 6. The molecule has 1 unspecified atom stereocenters. The van der Waals surface area contributed by atoms with Gasteiger partial charge in [0.2, 0.25) is 5.91 Å². The number of ketones is 1. The summed E-state index contributed by atoms with van der Waals surface area (Å²) in [5.74, 6) is -0.0207. The fourth-order valence-electron chi connectivity index (χ4n) is 3.31. The molecular weight excluding hydrogens is 362 g/mol. The third-order valence-electron chi connectivity index (χ3n) is 4.79. The Morgan fingerprint density at radius 2 is 2.00 bits per heavy atom. The van der Waals surface area contributed by atoms with Gasteiger partial charge in [-0.15, -0.1) is 0 Å². The van der Waals surface area contributed by atoms with Crippen molar-refractivity contribution in [3.05, 3.63) is 64.7 Å². The van der Waals surface area contributed by atoms with Crippen LogP contribution < -0.4 is 10.6 Å². The second kappa shape index (κ2) is 9.13. The topological polar surface area (TPSA) is 61.4 Å². The molecule has 6 heteroatoms. The molecule has 0 aromatic heterocycles. The second-order valence-corrected chi connectivity index (χ2v) is 7.18. The number of nitrogens with zero attached hydrogens (tertiary/aromatic N) is 1. The molecule has 2 aromatic rings. The molecule has 5 nitrogen and oxygen atoms in total. The van der Waals surface area contributed by atoms with Crippen molar-refractivity contribution in [2.24, 2.45) is 0 Å². The first-order valence-corrected chi connectivity index (χ1v) is 9.52. The number of hydrogen-bond acceptors (Lipinski definition) is 4. The molecule has 0 saturated carbocycles. The minimum absolute atomic E-state index is 0.0126. The molecule has 1 heterocycles. The lowest BCUT2D eigenvalue weighted by molar-refractivity contribution is -0.116. The number of benzene rings is 2. The van der Waals surface area contributed by atoms with Crippen LogP contribution in [0.5, 0.6) is 0 Å². The smallest absolute Gasteiger partial charge is 0.225 e. The van der Waals surface area contributed by atoms with E-state index in [1.807, 2.05) is 18.2 Å². The van der Waals surface area contributed by atoms with Gasteiger partial charge in [-0.05, 0) is 48.9 Å². The van der Waals surface area contributed by atoms with Gasteiger partial charge in [-0.2, -0.15) is 0 Å². The largest absolute Gasteiger partial charge is 0.326 e. The third-order valence-corrected chi connectivity index (χ3v) is 5.02. The van der Waals surface area contributed by atoms with Gasteiger partial charge in [0.25, 0.3) is 0 Å². The molecule has 1 saturated heterocycles. The molecule has 1 fully saturated rings. The number of carbonyl (C=O) groups is 2. The van der Waals surface area contributed by atoms with E-state index in [-0.39, 0.29) is 17.7 Å². The standard InChI is InChI=1S/C21H24ClN3O2/c1-15(26)16-5-7-19(8-6-16)24-21(27)9-11-25-12-10-23-14-20(25)17-3-2-4-18(22)13-17/h2-8,13,20,23H,9-12,14H2,1H3,(H,24,27). The minimum atomic E-state index is -0.0334. The van der Waals surface area contributed by atoms with E-state index in [0.29, 0.717) is 24.2 Å². The Labute approximate surface area is 164 Å². The fourth-order valence-corrected chi connectivity index (χ4v) is 3.51. The van der Waals surface area contributed by atoms with Crippen molar-refractivity contribution in [2.45, 2.75) is 19.4 Å². The van der Waals surface area contributed by atoms with Gasteiger partial charge in [-0.3, -0.25) is 14.5 Å². The van der Waals surface area contributed by atoms with E-state index >= 15 is 0 Å². The molecule has 1 atom stereocenters.